The van der Waals surface area contributed by atoms with Gasteiger partial charge in [0, 0.05) is 18.2 Å². The zero-order chi connectivity index (χ0) is 29.7. The predicted octanol–water partition coefficient (Wildman–Crippen LogP) is 7.22. The normalized spacial score (nSPS) is 21.6. The summed E-state index contributed by atoms with van der Waals surface area (Å²) in [7, 11) is 0. The number of carbonyl (C=O) groups is 2. The molecule has 1 saturated carbocycles. The Morgan fingerprint density at radius 3 is 2.29 bits per heavy atom. The van der Waals surface area contributed by atoms with Crippen LogP contribution in [0, 0.1) is 11.3 Å². The van der Waals surface area contributed by atoms with Crippen molar-refractivity contribution in [2.75, 3.05) is 13.2 Å². The molecule has 1 saturated heterocycles. The van der Waals surface area contributed by atoms with Crippen LogP contribution in [0.5, 0.6) is 0 Å². The Hall–Kier alpha value is -4.13. The molecule has 220 valence electrons. The van der Waals surface area contributed by atoms with E-state index in [2.05, 4.69) is 55.3 Å². The molecular formula is C35H41N3O4. The number of carbonyl (C=O) groups excluding carboxylic acids is 1. The number of amidine groups is 1. The van der Waals surface area contributed by atoms with Crippen LogP contribution < -0.4 is 5.32 Å². The van der Waals surface area contributed by atoms with Crippen molar-refractivity contribution >= 4 is 23.6 Å². The maximum absolute atomic E-state index is 12.5. The molecule has 1 atom stereocenters. The van der Waals surface area contributed by atoms with E-state index in [0.717, 1.165) is 35.2 Å². The maximum atomic E-state index is 12.5. The van der Waals surface area contributed by atoms with Gasteiger partial charge in [-0.1, -0.05) is 75.4 Å². The molecule has 1 aliphatic carbocycles. The van der Waals surface area contributed by atoms with Gasteiger partial charge >= 0.3 is 5.97 Å². The minimum atomic E-state index is -0.937. The van der Waals surface area contributed by atoms with Gasteiger partial charge in [-0.15, -0.1) is 0 Å². The third-order valence-corrected chi connectivity index (χ3v) is 8.60. The molecule has 5 rings (SSSR count). The fourth-order valence-corrected chi connectivity index (χ4v) is 6.16. The summed E-state index contributed by atoms with van der Waals surface area (Å²) in [6.45, 7) is 7.60. The van der Waals surface area contributed by atoms with Gasteiger partial charge in [-0.25, -0.2) is 0 Å². The number of amides is 1. The van der Waals surface area contributed by atoms with Gasteiger partial charge in [-0.05, 0) is 78.0 Å². The Labute approximate surface area is 248 Å². The third kappa shape index (κ3) is 7.01. The minimum absolute atomic E-state index is 0.0126. The zero-order valence-electron chi connectivity index (χ0n) is 24.8. The fraction of sp³-hybridized carbons (Fsp3) is 0.400. The van der Waals surface area contributed by atoms with Crippen LogP contribution in [-0.4, -0.2) is 47.1 Å². The molecule has 2 aliphatic rings. The van der Waals surface area contributed by atoms with Crippen LogP contribution in [0.2, 0.25) is 0 Å². The lowest BCUT2D eigenvalue weighted by Crippen LogP contribution is -2.42. The Morgan fingerprint density at radius 1 is 0.929 bits per heavy atom. The molecule has 0 spiro atoms. The molecule has 2 fully saturated rings. The summed E-state index contributed by atoms with van der Waals surface area (Å²) in [6.07, 6.45) is 4.39. The highest BCUT2D eigenvalue weighted by molar-refractivity contribution is 5.94. The minimum Gasteiger partial charge on any atom is -0.481 e. The number of ether oxygens (including phenoxy) is 1. The van der Waals surface area contributed by atoms with Gasteiger partial charge < -0.3 is 20.1 Å². The summed E-state index contributed by atoms with van der Waals surface area (Å²) in [5.74, 6) is -0.520. The molecule has 2 N–H and O–H groups in total. The fourth-order valence-electron chi connectivity index (χ4n) is 6.16. The van der Waals surface area contributed by atoms with E-state index >= 15 is 0 Å². The molecule has 0 aromatic heterocycles. The summed E-state index contributed by atoms with van der Waals surface area (Å²) >= 11 is 0. The van der Waals surface area contributed by atoms with Crippen molar-refractivity contribution < 1.29 is 19.4 Å². The average Bonchev–Trinajstić information content (AvgIpc) is 3.40. The molecule has 3 aromatic rings. The highest BCUT2D eigenvalue weighted by Crippen LogP contribution is 2.42. The van der Waals surface area contributed by atoms with Gasteiger partial charge in [0.25, 0.3) is 11.9 Å². The molecular weight excluding hydrogens is 526 g/mol. The quantitative estimate of drug-likeness (QED) is 0.300. The summed E-state index contributed by atoms with van der Waals surface area (Å²) < 4.78 is 6.32. The van der Waals surface area contributed by atoms with E-state index < -0.39 is 5.97 Å². The molecule has 1 aliphatic heterocycles. The van der Waals surface area contributed by atoms with Crippen molar-refractivity contribution in [3.63, 3.8) is 0 Å². The first-order chi connectivity index (χ1) is 20.2. The lowest BCUT2D eigenvalue weighted by molar-refractivity contribution is -0.136. The third-order valence-electron chi connectivity index (χ3n) is 8.60. The maximum Gasteiger partial charge on any atom is 0.305 e. The number of carboxylic acids is 1. The number of aliphatic imine (C=N–C) groups is 1. The number of hydrogen-bond donors (Lipinski definition) is 2. The van der Waals surface area contributed by atoms with Gasteiger partial charge in [0.15, 0.2) is 0 Å². The number of nitrogens with one attached hydrogen (secondary N) is 1. The van der Waals surface area contributed by atoms with Crippen molar-refractivity contribution in [2.24, 2.45) is 16.3 Å². The number of benzene rings is 3. The van der Waals surface area contributed by atoms with Gasteiger partial charge in [-0.2, -0.15) is 4.99 Å². The molecule has 7 nitrogen and oxygen atoms in total. The topological polar surface area (TPSA) is 91.2 Å². The standard InChI is InChI=1S/C35H41N3O4/c1-35(2,3)28-16-18-30(19-17-28)38-31(25-12-14-26(15-13-25)33(41)36-21-20-32(39)40)23-42-34(38)37-29-11-7-10-27(22-29)24-8-5-4-6-9-24/h4-15,22,28,30-31H,16-21,23H2,1-3H3,(H,36,41)(H,39,40)/b37-34-. The van der Waals surface area contributed by atoms with Crippen molar-refractivity contribution in [3.8, 4) is 11.1 Å². The summed E-state index contributed by atoms with van der Waals surface area (Å²) in [6, 6.07) is 27.1. The Kier molecular flexibility index (Phi) is 8.95. The lowest BCUT2D eigenvalue weighted by Gasteiger charge is -2.41. The highest BCUT2D eigenvalue weighted by atomic mass is 16.5. The van der Waals surface area contributed by atoms with Gasteiger partial charge in [0.2, 0.25) is 0 Å². The molecule has 1 unspecified atom stereocenters. The van der Waals surface area contributed by atoms with E-state index in [1.54, 1.807) is 12.1 Å². The largest absolute Gasteiger partial charge is 0.481 e. The predicted molar refractivity (Wildman–Crippen MR) is 166 cm³/mol. The first kappa shape index (κ1) is 29.4. The zero-order valence-corrected chi connectivity index (χ0v) is 24.8. The lowest BCUT2D eigenvalue weighted by atomic mass is 9.71. The van der Waals surface area contributed by atoms with Crippen molar-refractivity contribution in [1.29, 1.82) is 0 Å². The van der Waals surface area contributed by atoms with Crippen LogP contribution >= 0.6 is 0 Å². The second kappa shape index (κ2) is 12.8. The van der Waals surface area contributed by atoms with Crippen LogP contribution in [0.4, 0.5) is 5.69 Å². The number of nitrogens with zero attached hydrogens (tertiary/aromatic N) is 2. The van der Waals surface area contributed by atoms with Crippen molar-refractivity contribution in [1.82, 2.24) is 10.2 Å². The molecule has 0 radical (unpaired) electrons. The van der Waals surface area contributed by atoms with Crippen LogP contribution in [-0.2, 0) is 9.53 Å². The second-order valence-electron chi connectivity index (χ2n) is 12.4. The number of rotatable bonds is 8. The summed E-state index contributed by atoms with van der Waals surface area (Å²) in [5.41, 5.74) is 4.98. The average molecular weight is 568 g/mol. The first-order valence-electron chi connectivity index (χ1n) is 14.9. The van der Waals surface area contributed by atoms with Crippen LogP contribution in [0.25, 0.3) is 11.1 Å². The smallest absolute Gasteiger partial charge is 0.305 e. The Morgan fingerprint density at radius 2 is 1.62 bits per heavy atom. The van der Waals surface area contributed by atoms with Crippen molar-refractivity contribution in [2.45, 2.75) is 65.0 Å². The molecule has 1 heterocycles. The summed E-state index contributed by atoms with van der Waals surface area (Å²) in [4.78, 5) is 30.7. The van der Waals surface area contributed by atoms with E-state index in [4.69, 9.17) is 14.8 Å². The van der Waals surface area contributed by atoms with E-state index in [-0.39, 0.29) is 24.9 Å². The van der Waals surface area contributed by atoms with E-state index in [0.29, 0.717) is 35.6 Å². The number of hydrogen-bond acceptors (Lipinski definition) is 4. The van der Waals surface area contributed by atoms with E-state index in [1.165, 1.54) is 12.8 Å². The second-order valence-corrected chi connectivity index (χ2v) is 12.4. The number of carboxylic acid groups (broad SMARTS) is 1. The monoisotopic (exact) mass is 567 g/mol. The van der Waals surface area contributed by atoms with Crippen LogP contribution in [0.3, 0.4) is 0 Å². The van der Waals surface area contributed by atoms with Gasteiger partial charge in [0.05, 0.1) is 18.2 Å². The molecule has 42 heavy (non-hydrogen) atoms. The SMILES string of the molecule is CC(C)(C)C1CCC(N2/C(=N/c3cccc(-c4ccccc4)c3)OCC2c2ccc(C(=O)NCCC(=O)O)cc2)CC1. The number of aliphatic carboxylic acids is 1. The Bertz CT molecular complexity index is 1400. The molecule has 3 aromatic carbocycles. The van der Waals surface area contributed by atoms with E-state index in [9.17, 15) is 9.59 Å². The Balaban J connectivity index is 1.40. The van der Waals surface area contributed by atoms with Gasteiger partial charge in [0.1, 0.15) is 6.61 Å². The summed E-state index contributed by atoms with van der Waals surface area (Å²) in [5, 5.41) is 11.5. The van der Waals surface area contributed by atoms with E-state index in [1.807, 2.05) is 42.5 Å². The first-order valence-corrected chi connectivity index (χ1v) is 14.9. The highest BCUT2D eigenvalue weighted by Gasteiger charge is 2.40. The van der Waals surface area contributed by atoms with Crippen molar-refractivity contribution in [3.05, 3.63) is 90.0 Å². The molecule has 0 bridgehead atoms. The molecule has 7 heteroatoms. The van der Waals surface area contributed by atoms with Crippen LogP contribution in [0.1, 0.15) is 74.8 Å². The molecule has 1 amide bonds. The van der Waals surface area contributed by atoms with Crippen LogP contribution in [0.15, 0.2) is 83.9 Å². The van der Waals surface area contributed by atoms with Gasteiger partial charge in [-0.3, -0.25) is 9.59 Å².